The van der Waals surface area contributed by atoms with Crippen LogP contribution in [0.4, 0.5) is 4.79 Å². The van der Waals surface area contributed by atoms with E-state index in [1.807, 2.05) is 62.1 Å². The third kappa shape index (κ3) is 8.01. The van der Waals surface area contributed by atoms with Crippen LogP contribution < -0.4 is 5.32 Å². The van der Waals surface area contributed by atoms with E-state index in [0.29, 0.717) is 57.9 Å². The molecule has 14 nitrogen and oxygen atoms in total. The second-order valence-corrected chi connectivity index (χ2v) is 16.5. The predicted molar refractivity (Wildman–Crippen MR) is 216 cm³/mol. The van der Waals surface area contributed by atoms with Crippen molar-refractivity contribution >= 4 is 45.8 Å². The van der Waals surface area contributed by atoms with Crippen molar-refractivity contribution in [3.63, 3.8) is 0 Å². The van der Waals surface area contributed by atoms with E-state index in [2.05, 4.69) is 32.1 Å². The Morgan fingerprint density at radius 3 is 2.23 bits per heavy atom. The summed E-state index contributed by atoms with van der Waals surface area (Å²) in [6.07, 6.45) is 2.81. The van der Waals surface area contributed by atoms with Crippen molar-refractivity contribution in [2.45, 2.75) is 70.2 Å². The van der Waals surface area contributed by atoms with Crippen LogP contribution in [0.25, 0.3) is 22.1 Å². The van der Waals surface area contributed by atoms with Crippen LogP contribution in [0.2, 0.25) is 0 Å². The minimum absolute atomic E-state index is 0.0865. The molecule has 5 heterocycles. The van der Waals surface area contributed by atoms with Crippen LogP contribution >= 0.6 is 0 Å². The van der Waals surface area contributed by atoms with Gasteiger partial charge < -0.3 is 29.8 Å². The van der Waals surface area contributed by atoms with Gasteiger partial charge in [0.05, 0.1) is 40.7 Å². The van der Waals surface area contributed by atoms with Crippen molar-refractivity contribution in [3.05, 3.63) is 95.1 Å². The van der Waals surface area contributed by atoms with Gasteiger partial charge in [-0.15, -0.1) is 0 Å². The molecule has 0 bridgehead atoms. The molecule has 5 aromatic rings. The SMILES string of the molecule is CN1CCN([C@@H](C(=O)N2CCC[C@H]2c2nc3ccc(C(=O)CNC(=O)c4cccc5[nH]c([C@@H]6CCCN6C(=O)OC(C)(C)C)nc45)cc3[nH]2)c2ccccc2)CC1. The zero-order valence-corrected chi connectivity index (χ0v) is 33.1. The number of imidazole rings is 2. The normalized spacial score (nSPS) is 20.0. The first-order chi connectivity index (χ1) is 27.4. The summed E-state index contributed by atoms with van der Waals surface area (Å²) in [5.74, 6) is 0.697. The lowest BCUT2D eigenvalue weighted by Gasteiger charge is -2.39. The van der Waals surface area contributed by atoms with Crippen molar-refractivity contribution in [3.8, 4) is 0 Å². The Labute approximate surface area is 331 Å². The molecule has 57 heavy (non-hydrogen) atoms. The number of likely N-dealkylation sites (N-methyl/N-ethyl adjacent to an activating group) is 1. The Hall–Kier alpha value is -5.60. The Balaban J connectivity index is 0.947. The van der Waals surface area contributed by atoms with Gasteiger partial charge in [0.1, 0.15) is 28.8 Å². The number of carbonyl (C=O) groups is 4. The molecule has 3 N–H and O–H groups in total. The lowest BCUT2D eigenvalue weighted by molar-refractivity contribution is -0.139. The Morgan fingerprint density at radius 1 is 0.807 bits per heavy atom. The molecule has 0 aliphatic carbocycles. The number of carbonyl (C=O) groups excluding carboxylic acids is 4. The van der Waals surface area contributed by atoms with Crippen molar-refractivity contribution in [2.75, 3.05) is 52.9 Å². The highest BCUT2D eigenvalue weighted by atomic mass is 16.6. The molecule has 3 atom stereocenters. The van der Waals surface area contributed by atoms with Crippen LogP contribution in [-0.4, -0.2) is 122 Å². The number of aromatic amines is 2. The summed E-state index contributed by atoms with van der Waals surface area (Å²) < 4.78 is 5.63. The van der Waals surface area contributed by atoms with Crippen LogP contribution in [0.15, 0.2) is 66.7 Å². The number of H-pyrrole nitrogens is 2. The van der Waals surface area contributed by atoms with Crippen LogP contribution in [0.3, 0.4) is 0 Å². The number of nitrogens with one attached hydrogen (secondary N) is 3. The highest BCUT2D eigenvalue weighted by Gasteiger charge is 2.40. The van der Waals surface area contributed by atoms with Crippen LogP contribution in [0.5, 0.6) is 0 Å². The molecule has 3 aromatic carbocycles. The fourth-order valence-corrected chi connectivity index (χ4v) is 8.40. The zero-order valence-electron chi connectivity index (χ0n) is 33.1. The first-order valence-corrected chi connectivity index (χ1v) is 20.0. The van der Waals surface area contributed by atoms with Crippen molar-refractivity contribution in [1.29, 1.82) is 0 Å². The molecule has 0 spiro atoms. The summed E-state index contributed by atoms with van der Waals surface area (Å²) in [4.78, 5) is 79.0. The number of nitrogens with zero attached hydrogens (tertiary/aromatic N) is 6. The monoisotopic (exact) mass is 773 g/mol. The molecular formula is C43H51N9O5. The lowest BCUT2D eigenvalue weighted by Crippen LogP contribution is -2.50. The van der Waals surface area contributed by atoms with Gasteiger partial charge in [-0.3, -0.25) is 24.2 Å². The van der Waals surface area contributed by atoms with E-state index in [4.69, 9.17) is 14.7 Å². The second-order valence-electron chi connectivity index (χ2n) is 16.5. The Kier molecular flexibility index (Phi) is 10.6. The molecule has 3 aliphatic rings. The highest BCUT2D eigenvalue weighted by molar-refractivity contribution is 6.08. The number of amides is 3. The molecule has 0 radical (unpaired) electrons. The smallest absolute Gasteiger partial charge is 0.410 e. The second kappa shape index (κ2) is 15.7. The largest absolute Gasteiger partial charge is 0.444 e. The third-order valence-corrected chi connectivity index (χ3v) is 11.3. The maximum absolute atomic E-state index is 14.4. The van der Waals surface area contributed by atoms with Crippen LogP contribution in [-0.2, 0) is 9.53 Å². The van der Waals surface area contributed by atoms with E-state index in [1.165, 1.54) is 0 Å². The van der Waals surface area contributed by atoms with E-state index in [-0.39, 0.29) is 36.4 Å². The quantitative estimate of drug-likeness (QED) is 0.158. The number of aromatic nitrogens is 4. The first-order valence-electron chi connectivity index (χ1n) is 20.0. The van der Waals surface area contributed by atoms with Crippen LogP contribution in [0.1, 0.15) is 103 Å². The molecule has 3 saturated heterocycles. The maximum Gasteiger partial charge on any atom is 0.410 e. The van der Waals surface area contributed by atoms with Gasteiger partial charge in [-0.1, -0.05) is 36.4 Å². The van der Waals surface area contributed by atoms with E-state index in [1.54, 1.807) is 35.2 Å². The molecule has 14 heteroatoms. The maximum atomic E-state index is 14.4. The number of ether oxygens (including phenoxy) is 1. The van der Waals surface area contributed by atoms with Crippen LogP contribution in [0, 0.1) is 0 Å². The summed E-state index contributed by atoms with van der Waals surface area (Å²) in [6.45, 7) is 9.96. The number of para-hydroxylation sites is 1. The number of fused-ring (bicyclic) bond motifs is 2. The van der Waals surface area contributed by atoms with Gasteiger partial charge in [-0.05, 0) is 89.4 Å². The number of Topliss-reactive ketones (excluding diaryl/α,β-unsaturated/α-hetero) is 1. The van der Waals surface area contributed by atoms with E-state index in [0.717, 1.165) is 57.4 Å². The topological polar surface area (TPSA) is 160 Å². The van der Waals surface area contributed by atoms with Gasteiger partial charge in [0.15, 0.2) is 5.78 Å². The predicted octanol–water partition coefficient (Wildman–Crippen LogP) is 5.78. The summed E-state index contributed by atoms with van der Waals surface area (Å²) in [5.41, 5.74) is 3.68. The number of benzene rings is 3. The average Bonchev–Trinajstić information content (AvgIpc) is 4.02. The van der Waals surface area contributed by atoms with Gasteiger partial charge in [-0.25, -0.2) is 14.8 Å². The molecular weight excluding hydrogens is 723 g/mol. The molecule has 3 fully saturated rings. The minimum Gasteiger partial charge on any atom is -0.444 e. The van der Waals surface area contributed by atoms with Gasteiger partial charge >= 0.3 is 6.09 Å². The number of ketones is 1. The van der Waals surface area contributed by atoms with E-state index in [9.17, 15) is 19.2 Å². The molecule has 3 aliphatic heterocycles. The lowest BCUT2D eigenvalue weighted by atomic mass is 10.0. The molecule has 0 unspecified atom stereocenters. The minimum atomic E-state index is -0.620. The number of hydrogen-bond acceptors (Lipinski definition) is 9. The van der Waals surface area contributed by atoms with E-state index < -0.39 is 17.6 Å². The fraction of sp³-hybridized carbons (Fsp3) is 0.442. The van der Waals surface area contributed by atoms with Gasteiger partial charge in [0.2, 0.25) is 5.91 Å². The molecule has 2 aromatic heterocycles. The van der Waals surface area contributed by atoms with E-state index >= 15 is 0 Å². The summed E-state index contributed by atoms with van der Waals surface area (Å²) in [6, 6.07) is 19.7. The first kappa shape index (κ1) is 38.3. The van der Waals surface area contributed by atoms with Crippen molar-refractivity contribution in [1.82, 2.24) is 44.9 Å². The summed E-state index contributed by atoms with van der Waals surface area (Å²) >= 11 is 0. The number of hydrogen-bond donors (Lipinski definition) is 3. The summed E-state index contributed by atoms with van der Waals surface area (Å²) in [5, 5.41) is 2.79. The molecule has 8 rings (SSSR count). The standard InChI is InChI=1S/C43H51N9O5/c1-43(2,3)57-42(56)52-20-10-16-34(52)39-46-31-14-8-13-29(36(31)48-39)40(54)44-26-35(53)28-17-18-30-32(25-28)47-38(45-30)33-15-9-19-51(33)41(55)37(27-11-6-5-7-12-27)50-23-21-49(4)22-24-50/h5-8,11-14,17-18,25,33-34,37H,9-10,15-16,19-24,26H2,1-4H3,(H,44,54)(H,45,47)(H,46,48)/t33-,34-,37+/m0/s1. The average molecular weight is 774 g/mol. The number of rotatable bonds is 9. The number of likely N-dealkylation sites (tertiary alicyclic amines) is 2. The summed E-state index contributed by atoms with van der Waals surface area (Å²) in [7, 11) is 2.11. The van der Waals surface area contributed by atoms with Crippen molar-refractivity contribution in [2.24, 2.45) is 0 Å². The highest BCUT2D eigenvalue weighted by Crippen LogP contribution is 2.36. The third-order valence-electron chi connectivity index (χ3n) is 11.3. The zero-order chi connectivity index (χ0) is 39.8. The molecule has 0 saturated carbocycles. The Morgan fingerprint density at radius 2 is 1.49 bits per heavy atom. The van der Waals surface area contributed by atoms with Gasteiger partial charge in [0.25, 0.3) is 5.91 Å². The van der Waals surface area contributed by atoms with Gasteiger partial charge in [-0.2, -0.15) is 0 Å². The van der Waals surface area contributed by atoms with Gasteiger partial charge in [0, 0.05) is 44.8 Å². The number of piperazine rings is 1. The molecule has 298 valence electrons. The fourth-order valence-electron chi connectivity index (χ4n) is 8.40. The van der Waals surface area contributed by atoms with Crippen molar-refractivity contribution < 1.29 is 23.9 Å². The molecule has 3 amide bonds. The Bertz CT molecular complexity index is 2290.